The number of nitriles is 1. The van der Waals surface area contributed by atoms with Crippen LogP contribution in [-0.2, 0) is 4.74 Å². The first kappa shape index (κ1) is 12.8. The summed E-state index contributed by atoms with van der Waals surface area (Å²) in [5, 5.41) is 13.3. The molecule has 0 saturated heterocycles. The van der Waals surface area contributed by atoms with E-state index in [1.807, 2.05) is 38.1 Å². The van der Waals surface area contributed by atoms with Crippen LogP contribution in [0.2, 0.25) is 0 Å². The second kappa shape index (κ2) is 5.83. The number of aliphatic imine (C=N–C) groups is 1. The first-order valence-electron chi connectivity index (χ1n) is 5.95. The van der Waals surface area contributed by atoms with E-state index in [1.54, 1.807) is 4.68 Å². The van der Waals surface area contributed by atoms with Gasteiger partial charge in [0.05, 0.1) is 18.5 Å². The van der Waals surface area contributed by atoms with E-state index in [-0.39, 0.29) is 0 Å². The Bertz CT molecular complexity index is 620. The van der Waals surface area contributed by atoms with E-state index in [1.165, 1.54) is 12.6 Å². The first-order valence-corrected chi connectivity index (χ1v) is 5.95. The Hall–Kier alpha value is -2.61. The van der Waals surface area contributed by atoms with Crippen molar-refractivity contribution in [3.05, 3.63) is 41.6 Å². The zero-order chi connectivity index (χ0) is 13.7. The van der Waals surface area contributed by atoms with Gasteiger partial charge in [0.1, 0.15) is 11.6 Å². The van der Waals surface area contributed by atoms with Gasteiger partial charge in [-0.1, -0.05) is 17.7 Å². The molecule has 19 heavy (non-hydrogen) atoms. The van der Waals surface area contributed by atoms with Gasteiger partial charge < -0.3 is 4.74 Å². The molecule has 0 saturated carbocycles. The van der Waals surface area contributed by atoms with Crippen molar-refractivity contribution in [3.8, 4) is 11.8 Å². The topological polar surface area (TPSA) is 63.2 Å². The molecule has 0 aliphatic heterocycles. The van der Waals surface area contributed by atoms with Gasteiger partial charge in [0.25, 0.3) is 0 Å². The van der Waals surface area contributed by atoms with Gasteiger partial charge in [-0.25, -0.2) is 4.68 Å². The lowest BCUT2D eigenvalue weighted by Gasteiger charge is -2.04. The van der Waals surface area contributed by atoms with Crippen molar-refractivity contribution in [1.82, 2.24) is 9.78 Å². The van der Waals surface area contributed by atoms with Gasteiger partial charge in [0, 0.05) is 0 Å². The zero-order valence-electron chi connectivity index (χ0n) is 10.9. The predicted molar refractivity (Wildman–Crippen MR) is 72.8 cm³/mol. The molecule has 0 amide bonds. The van der Waals surface area contributed by atoms with Crippen LogP contribution in [0, 0.1) is 18.3 Å². The number of nitrogens with zero attached hydrogens (tertiary/aromatic N) is 4. The Balaban J connectivity index is 2.43. The van der Waals surface area contributed by atoms with Crippen LogP contribution in [0.25, 0.3) is 5.69 Å². The summed E-state index contributed by atoms with van der Waals surface area (Å²) in [5.74, 6) is 0.472. The van der Waals surface area contributed by atoms with E-state index < -0.39 is 0 Å². The molecule has 5 heteroatoms. The van der Waals surface area contributed by atoms with E-state index >= 15 is 0 Å². The Labute approximate surface area is 111 Å². The van der Waals surface area contributed by atoms with Crippen LogP contribution in [0.15, 0.2) is 35.5 Å². The summed E-state index contributed by atoms with van der Waals surface area (Å²) in [4.78, 5) is 4.16. The maximum Gasteiger partial charge on any atom is 0.176 e. The highest BCUT2D eigenvalue weighted by molar-refractivity contribution is 5.60. The molecule has 2 aromatic rings. The van der Waals surface area contributed by atoms with Crippen molar-refractivity contribution in [2.75, 3.05) is 6.61 Å². The van der Waals surface area contributed by atoms with Gasteiger partial charge in [0.15, 0.2) is 12.2 Å². The molecular formula is C14H14N4O. The van der Waals surface area contributed by atoms with Crippen molar-refractivity contribution in [2.45, 2.75) is 13.8 Å². The lowest BCUT2D eigenvalue weighted by atomic mass is 10.2. The van der Waals surface area contributed by atoms with E-state index in [4.69, 9.17) is 10.00 Å². The molecule has 0 aliphatic rings. The van der Waals surface area contributed by atoms with Crippen LogP contribution < -0.4 is 0 Å². The van der Waals surface area contributed by atoms with Crippen LogP contribution in [0.3, 0.4) is 0 Å². The highest BCUT2D eigenvalue weighted by Gasteiger charge is 2.10. The molecule has 0 bridgehead atoms. The van der Waals surface area contributed by atoms with Crippen LogP contribution in [0.5, 0.6) is 0 Å². The van der Waals surface area contributed by atoms with Crippen molar-refractivity contribution >= 4 is 12.2 Å². The van der Waals surface area contributed by atoms with E-state index in [2.05, 4.69) is 16.2 Å². The smallest absolute Gasteiger partial charge is 0.176 e. The number of rotatable bonds is 4. The normalized spacial score (nSPS) is 10.6. The van der Waals surface area contributed by atoms with Crippen LogP contribution in [0.1, 0.15) is 18.1 Å². The summed E-state index contributed by atoms with van der Waals surface area (Å²) in [6, 6.07) is 9.91. The minimum Gasteiger partial charge on any atom is -0.483 e. The molecule has 5 nitrogen and oxygen atoms in total. The first-order chi connectivity index (χ1) is 9.26. The van der Waals surface area contributed by atoms with Crippen LogP contribution >= 0.6 is 0 Å². The summed E-state index contributed by atoms with van der Waals surface area (Å²) < 4.78 is 6.69. The minimum absolute atomic E-state index is 0.413. The molecule has 0 N–H and O–H groups in total. The number of hydrogen-bond donors (Lipinski definition) is 0. The van der Waals surface area contributed by atoms with Crippen molar-refractivity contribution < 1.29 is 4.74 Å². The lowest BCUT2D eigenvalue weighted by Crippen LogP contribution is -1.96. The molecule has 1 aromatic heterocycles. The highest BCUT2D eigenvalue weighted by Crippen LogP contribution is 2.22. The molecule has 0 radical (unpaired) electrons. The molecule has 0 atom stereocenters. The maximum atomic E-state index is 9.06. The molecule has 0 unspecified atom stereocenters. The number of benzene rings is 1. The van der Waals surface area contributed by atoms with Crippen LogP contribution in [0.4, 0.5) is 5.82 Å². The SMILES string of the molecule is CCOC=Nc1c(C#N)cnn1-c1ccc(C)cc1. The molecule has 1 heterocycles. The summed E-state index contributed by atoms with van der Waals surface area (Å²) in [6.45, 7) is 4.42. The standard InChI is InChI=1S/C14H14N4O/c1-3-19-10-16-14-12(8-15)9-17-18(14)13-6-4-11(2)5-7-13/h4-7,9-10H,3H2,1-2H3. The second-order valence-electron chi connectivity index (χ2n) is 3.93. The van der Waals surface area contributed by atoms with Gasteiger partial charge >= 0.3 is 0 Å². The highest BCUT2D eigenvalue weighted by atomic mass is 16.5. The van der Waals surface area contributed by atoms with Gasteiger partial charge in [-0.2, -0.15) is 15.4 Å². The Kier molecular flexibility index (Phi) is 3.94. The predicted octanol–water partition coefficient (Wildman–Crippen LogP) is 2.75. The average Bonchev–Trinajstić information content (AvgIpc) is 2.83. The molecule has 1 aromatic carbocycles. The molecule has 0 spiro atoms. The second-order valence-corrected chi connectivity index (χ2v) is 3.93. The monoisotopic (exact) mass is 254 g/mol. The Morgan fingerprint density at radius 2 is 2.16 bits per heavy atom. The minimum atomic E-state index is 0.413. The fourth-order valence-corrected chi connectivity index (χ4v) is 1.58. The third-order valence-corrected chi connectivity index (χ3v) is 2.56. The summed E-state index contributed by atoms with van der Waals surface area (Å²) in [5.41, 5.74) is 2.43. The maximum absolute atomic E-state index is 9.06. The summed E-state index contributed by atoms with van der Waals surface area (Å²) in [7, 11) is 0. The lowest BCUT2D eigenvalue weighted by molar-refractivity contribution is 0.343. The van der Waals surface area contributed by atoms with Gasteiger partial charge in [-0.3, -0.25) is 0 Å². The molecule has 96 valence electrons. The van der Waals surface area contributed by atoms with Crippen molar-refractivity contribution in [2.24, 2.45) is 4.99 Å². The van der Waals surface area contributed by atoms with Crippen molar-refractivity contribution in [3.63, 3.8) is 0 Å². The number of aryl methyl sites for hydroxylation is 1. The summed E-state index contributed by atoms with van der Waals surface area (Å²) >= 11 is 0. The average molecular weight is 254 g/mol. The van der Waals surface area contributed by atoms with E-state index in [9.17, 15) is 0 Å². The molecule has 0 aliphatic carbocycles. The van der Waals surface area contributed by atoms with Gasteiger partial charge in [-0.15, -0.1) is 0 Å². The fourth-order valence-electron chi connectivity index (χ4n) is 1.58. The quantitative estimate of drug-likeness (QED) is 0.622. The number of aromatic nitrogens is 2. The molecular weight excluding hydrogens is 240 g/mol. The fraction of sp³-hybridized carbons (Fsp3) is 0.214. The third kappa shape index (κ3) is 2.80. The molecule has 2 rings (SSSR count). The largest absolute Gasteiger partial charge is 0.483 e. The van der Waals surface area contributed by atoms with Crippen molar-refractivity contribution in [1.29, 1.82) is 5.26 Å². The summed E-state index contributed by atoms with van der Waals surface area (Å²) in [6.07, 6.45) is 2.83. The van der Waals surface area contributed by atoms with Gasteiger partial charge in [-0.05, 0) is 26.0 Å². The number of ether oxygens (including phenoxy) is 1. The Morgan fingerprint density at radius 3 is 2.79 bits per heavy atom. The molecule has 0 fully saturated rings. The van der Waals surface area contributed by atoms with E-state index in [0.717, 1.165) is 11.3 Å². The Morgan fingerprint density at radius 1 is 1.42 bits per heavy atom. The third-order valence-electron chi connectivity index (χ3n) is 2.56. The van der Waals surface area contributed by atoms with E-state index in [0.29, 0.717) is 18.0 Å². The van der Waals surface area contributed by atoms with Gasteiger partial charge in [0.2, 0.25) is 0 Å². The zero-order valence-corrected chi connectivity index (χ0v) is 10.9. The number of hydrogen-bond acceptors (Lipinski definition) is 4. The van der Waals surface area contributed by atoms with Crippen LogP contribution in [-0.4, -0.2) is 22.8 Å².